The Morgan fingerprint density at radius 3 is 2.69 bits per heavy atom. The number of likely N-dealkylation sites (N-methyl/N-ethyl adjacent to an activating group) is 1. The highest BCUT2D eigenvalue weighted by atomic mass is 16.7. The van der Waals surface area contributed by atoms with Gasteiger partial charge in [-0.2, -0.15) is 5.06 Å². The largest absolute Gasteiger partial charge is 0.444 e. The topological polar surface area (TPSA) is 88.4 Å². The van der Waals surface area contributed by atoms with Gasteiger partial charge in [-0.25, -0.2) is 9.59 Å². The maximum atomic E-state index is 13.3. The van der Waals surface area contributed by atoms with Gasteiger partial charge in [-0.3, -0.25) is 4.84 Å². The molecule has 0 radical (unpaired) electrons. The molecule has 5 rings (SSSR count). The summed E-state index contributed by atoms with van der Waals surface area (Å²) < 4.78 is 11.0. The molecule has 9 nitrogen and oxygen atoms in total. The van der Waals surface area contributed by atoms with Crippen molar-refractivity contribution in [3.05, 3.63) is 53.4 Å². The molecule has 1 saturated carbocycles. The van der Waals surface area contributed by atoms with Crippen molar-refractivity contribution >= 4 is 12.1 Å². The lowest BCUT2D eigenvalue weighted by Crippen LogP contribution is -2.42. The molecular weight excluding hydrogens is 448 g/mol. The van der Waals surface area contributed by atoms with Gasteiger partial charge in [0.15, 0.2) is 0 Å². The summed E-state index contributed by atoms with van der Waals surface area (Å²) in [5, 5.41) is 5.93. The van der Waals surface area contributed by atoms with Crippen LogP contribution in [0.15, 0.2) is 40.9 Å². The first-order valence-electron chi connectivity index (χ1n) is 12.3. The van der Waals surface area contributed by atoms with Crippen LogP contribution in [0.1, 0.15) is 63.1 Å². The van der Waals surface area contributed by atoms with Crippen LogP contribution in [0.2, 0.25) is 0 Å². The first-order valence-corrected chi connectivity index (χ1v) is 12.3. The Balaban J connectivity index is 1.23. The number of hydrogen-bond acceptors (Lipinski definition) is 6. The van der Waals surface area contributed by atoms with Gasteiger partial charge in [0.05, 0.1) is 12.1 Å². The summed E-state index contributed by atoms with van der Waals surface area (Å²) in [4.78, 5) is 35.0. The van der Waals surface area contributed by atoms with Crippen molar-refractivity contribution in [2.75, 3.05) is 20.1 Å². The van der Waals surface area contributed by atoms with Crippen LogP contribution in [-0.4, -0.2) is 63.9 Å². The number of fused-ring (bicyclic) bond motifs is 3. The highest BCUT2D eigenvalue weighted by Crippen LogP contribution is 2.61. The van der Waals surface area contributed by atoms with Crippen molar-refractivity contribution in [1.29, 1.82) is 0 Å². The average Bonchev–Trinajstić information content (AvgIpc) is 3.30. The first-order chi connectivity index (χ1) is 16.7. The molecule has 2 aromatic rings. The van der Waals surface area contributed by atoms with E-state index >= 15 is 0 Å². The van der Waals surface area contributed by atoms with Crippen LogP contribution in [0.5, 0.6) is 0 Å². The van der Waals surface area contributed by atoms with Crippen molar-refractivity contribution in [1.82, 2.24) is 20.0 Å². The lowest BCUT2D eigenvalue weighted by Gasteiger charge is -2.35. The molecule has 188 valence electrons. The molecule has 3 aliphatic rings. The summed E-state index contributed by atoms with van der Waals surface area (Å²) in [7, 11) is 1.70. The molecule has 9 heteroatoms. The van der Waals surface area contributed by atoms with Crippen LogP contribution in [0, 0.1) is 5.41 Å². The van der Waals surface area contributed by atoms with E-state index in [0.29, 0.717) is 31.9 Å². The summed E-state index contributed by atoms with van der Waals surface area (Å²) in [5.74, 6) is 0.686. The lowest BCUT2D eigenvalue weighted by molar-refractivity contribution is -0.153. The fourth-order valence-corrected chi connectivity index (χ4v) is 5.07. The molecule has 1 spiro atoms. The number of amides is 3. The molecule has 2 saturated heterocycles. The number of benzene rings is 1. The Bertz CT molecular complexity index is 1070. The van der Waals surface area contributed by atoms with Crippen molar-refractivity contribution in [2.24, 2.45) is 5.41 Å². The third kappa shape index (κ3) is 4.87. The van der Waals surface area contributed by atoms with E-state index in [1.54, 1.807) is 12.1 Å². The van der Waals surface area contributed by atoms with E-state index < -0.39 is 5.60 Å². The zero-order valence-corrected chi connectivity index (χ0v) is 20.9. The second kappa shape index (κ2) is 8.86. The van der Waals surface area contributed by atoms with Crippen LogP contribution < -0.4 is 0 Å². The van der Waals surface area contributed by atoms with Crippen molar-refractivity contribution < 1.29 is 23.7 Å². The molecule has 3 amide bonds. The Labute approximate surface area is 205 Å². The van der Waals surface area contributed by atoms with Gasteiger partial charge in [-0.15, -0.1) is 0 Å². The number of carbonyl (C=O) groups excluding carboxylic acids is 2. The maximum absolute atomic E-state index is 13.3. The zero-order valence-electron chi connectivity index (χ0n) is 20.9. The summed E-state index contributed by atoms with van der Waals surface area (Å²) in [6.07, 6.45) is 3.18. The Morgan fingerprint density at radius 1 is 1.26 bits per heavy atom. The minimum absolute atomic E-state index is 0.0730. The van der Waals surface area contributed by atoms with Crippen LogP contribution in [-0.2, 0) is 22.6 Å². The van der Waals surface area contributed by atoms with Crippen molar-refractivity contribution in [3.8, 4) is 0 Å². The molecule has 35 heavy (non-hydrogen) atoms. The second-order valence-electron chi connectivity index (χ2n) is 11.0. The number of aromatic nitrogens is 1. The lowest BCUT2D eigenvalue weighted by atomic mass is 9.84. The van der Waals surface area contributed by atoms with Gasteiger partial charge < -0.3 is 19.1 Å². The molecule has 0 N–H and O–H groups in total. The number of ether oxygens (including phenoxy) is 1. The number of piperidine rings is 1. The highest BCUT2D eigenvalue weighted by Gasteiger charge is 2.63. The highest BCUT2D eigenvalue weighted by molar-refractivity contribution is 5.77. The van der Waals surface area contributed by atoms with E-state index in [1.165, 1.54) is 4.90 Å². The first kappa shape index (κ1) is 23.7. The van der Waals surface area contributed by atoms with Gasteiger partial charge >= 0.3 is 12.1 Å². The fraction of sp³-hybridized carbons (Fsp3) is 0.577. The SMILES string of the molecule is CN(CCc1cc([C@@H]2CC3(CC3)[C@H]3CN2C(=O)N3OCc2ccccc2)no1)C(=O)OC(C)(C)C. The second-order valence-corrected chi connectivity index (χ2v) is 11.0. The minimum atomic E-state index is -0.538. The van der Waals surface area contributed by atoms with E-state index in [2.05, 4.69) is 5.16 Å². The number of carbonyl (C=O) groups is 2. The fourth-order valence-electron chi connectivity index (χ4n) is 5.07. The summed E-state index contributed by atoms with van der Waals surface area (Å²) in [6, 6.07) is 11.7. The van der Waals surface area contributed by atoms with Gasteiger partial charge in [0.2, 0.25) is 0 Å². The molecule has 2 aliphatic heterocycles. The summed E-state index contributed by atoms with van der Waals surface area (Å²) in [5.41, 5.74) is 1.35. The normalized spacial score (nSPS) is 22.6. The van der Waals surface area contributed by atoms with Crippen LogP contribution in [0.4, 0.5) is 9.59 Å². The van der Waals surface area contributed by atoms with E-state index in [4.69, 9.17) is 14.1 Å². The molecule has 2 bridgehead atoms. The smallest absolute Gasteiger partial charge is 0.410 e. The van der Waals surface area contributed by atoms with E-state index in [0.717, 1.165) is 30.5 Å². The molecule has 3 heterocycles. The van der Waals surface area contributed by atoms with Gasteiger partial charge in [-0.1, -0.05) is 35.5 Å². The number of hydrogen-bond donors (Lipinski definition) is 0. The summed E-state index contributed by atoms with van der Waals surface area (Å²) in [6.45, 7) is 6.99. The molecule has 3 fully saturated rings. The van der Waals surface area contributed by atoms with Crippen molar-refractivity contribution in [2.45, 2.75) is 70.7 Å². The van der Waals surface area contributed by atoms with E-state index in [-0.39, 0.29) is 29.6 Å². The summed E-state index contributed by atoms with van der Waals surface area (Å²) >= 11 is 0. The van der Waals surface area contributed by atoms with Crippen LogP contribution in [0.3, 0.4) is 0 Å². The maximum Gasteiger partial charge on any atom is 0.410 e. The Morgan fingerprint density at radius 2 is 2.00 bits per heavy atom. The van der Waals surface area contributed by atoms with Crippen molar-refractivity contribution in [3.63, 3.8) is 0 Å². The van der Waals surface area contributed by atoms with E-state index in [1.807, 2.05) is 62.1 Å². The van der Waals surface area contributed by atoms with Crippen LogP contribution >= 0.6 is 0 Å². The van der Waals surface area contributed by atoms with E-state index in [9.17, 15) is 9.59 Å². The minimum Gasteiger partial charge on any atom is -0.444 e. The quantitative estimate of drug-likeness (QED) is 0.575. The number of urea groups is 1. The van der Waals surface area contributed by atoms with Gasteiger partial charge in [-0.05, 0) is 51.0 Å². The standard InChI is InChI=1S/C26H34N4O5/c1-25(2,3)34-24(32)28(4)13-10-19-14-20(27-35-19)21-15-26(11-12-26)22-16-29(21)23(31)30(22)33-17-18-8-6-5-7-9-18/h5-9,14,21-22H,10-13,15-17H2,1-4H3/t21-,22+/m0/s1. The van der Waals surface area contributed by atoms with Crippen LogP contribution in [0.25, 0.3) is 0 Å². The predicted molar refractivity (Wildman–Crippen MR) is 127 cm³/mol. The Kier molecular flexibility index (Phi) is 5.99. The molecule has 1 aromatic heterocycles. The molecule has 0 unspecified atom stereocenters. The molecular formula is C26H34N4O5. The zero-order chi connectivity index (χ0) is 24.8. The van der Waals surface area contributed by atoms with Gasteiger partial charge in [0, 0.05) is 32.6 Å². The average molecular weight is 483 g/mol. The molecule has 2 atom stereocenters. The van der Waals surface area contributed by atoms with Gasteiger partial charge in [0.25, 0.3) is 0 Å². The number of nitrogens with zero attached hydrogens (tertiary/aromatic N) is 4. The molecule has 1 aliphatic carbocycles. The Hall–Kier alpha value is -3.07. The van der Waals surface area contributed by atoms with Gasteiger partial charge in [0.1, 0.15) is 23.7 Å². The number of rotatable bonds is 7. The third-order valence-corrected chi connectivity index (χ3v) is 7.19. The third-order valence-electron chi connectivity index (χ3n) is 7.19. The molecule has 1 aromatic carbocycles. The predicted octanol–water partition coefficient (Wildman–Crippen LogP) is 4.55. The monoisotopic (exact) mass is 482 g/mol. The number of hydroxylamine groups is 2.